The number of thioether (sulfide) groups is 1. The number of carbonyl (C=O) groups is 1. The molecule has 0 bridgehead atoms. The molecule has 2 aliphatic rings. The summed E-state index contributed by atoms with van der Waals surface area (Å²) in [6.45, 7) is 4.20. The molecule has 2 aliphatic carbocycles. The maximum atomic E-state index is 12.4. The van der Waals surface area contributed by atoms with Gasteiger partial charge in [0, 0.05) is 19.0 Å². The van der Waals surface area contributed by atoms with Crippen molar-refractivity contribution in [1.82, 2.24) is 20.1 Å². The van der Waals surface area contributed by atoms with E-state index in [9.17, 15) is 4.79 Å². The predicted octanol–water partition coefficient (Wildman–Crippen LogP) is 2.87. The summed E-state index contributed by atoms with van der Waals surface area (Å²) in [6, 6.07) is 0.339. The van der Waals surface area contributed by atoms with Gasteiger partial charge in [0.15, 0.2) is 5.16 Å². The highest BCUT2D eigenvalue weighted by atomic mass is 32.2. The molecule has 0 unspecified atom stereocenters. The van der Waals surface area contributed by atoms with Crippen molar-refractivity contribution in [3.63, 3.8) is 0 Å². The van der Waals surface area contributed by atoms with Crippen molar-refractivity contribution < 1.29 is 4.79 Å². The van der Waals surface area contributed by atoms with Crippen LogP contribution >= 0.6 is 11.8 Å². The number of carbonyl (C=O) groups excluding carboxylic acids is 1. The molecule has 5 nitrogen and oxygen atoms in total. The third-order valence-electron chi connectivity index (χ3n) is 4.90. The Balaban J connectivity index is 1.56. The van der Waals surface area contributed by atoms with Gasteiger partial charge in [-0.05, 0) is 38.5 Å². The van der Waals surface area contributed by atoms with Crippen LogP contribution in [0, 0.1) is 5.92 Å². The van der Waals surface area contributed by atoms with Crippen molar-refractivity contribution in [1.29, 1.82) is 0 Å². The van der Waals surface area contributed by atoms with Gasteiger partial charge in [-0.25, -0.2) is 0 Å². The van der Waals surface area contributed by atoms with E-state index in [0.29, 0.717) is 17.9 Å². The fourth-order valence-electron chi connectivity index (χ4n) is 3.17. The molecule has 122 valence electrons. The van der Waals surface area contributed by atoms with Crippen LogP contribution in [0.15, 0.2) is 5.16 Å². The Bertz CT molecular complexity index is 540. The third-order valence-corrected chi connectivity index (χ3v) is 6.04. The standard InChI is InChI=1S/C16H26N4OS/c1-10-6-4-5-7-13(10)17-15(21)11(2)22-16-19-18-14(20(16)3)12-8-9-12/h10-13H,4-9H2,1-3H3,(H,17,21)/t10-,11+,13+/m0/s1. The van der Waals surface area contributed by atoms with E-state index in [2.05, 4.69) is 27.0 Å². The third kappa shape index (κ3) is 3.47. The van der Waals surface area contributed by atoms with Gasteiger partial charge >= 0.3 is 0 Å². The average molecular weight is 322 g/mol. The van der Waals surface area contributed by atoms with Crippen molar-refractivity contribution >= 4 is 17.7 Å². The summed E-state index contributed by atoms with van der Waals surface area (Å²) < 4.78 is 2.05. The first-order valence-electron chi connectivity index (χ1n) is 8.42. The molecule has 22 heavy (non-hydrogen) atoms. The summed E-state index contributed by atoms with van der Waals surface area (Å²) in [5, 5.41) is 12.5. The van der Waals surface area contributed by atoms with Gasteiger partial charge in [0.2, 0.25) is 5.91 Å². The molecular weight excluding hydrogens is 296 g/mol. The van der Waals surface area contributed by atoms with Crippen LogP contribution in [0.5, 0.6) is 0 Å². The topological polar surface area (TPSA) is 59.8 Å². The molecule has 1 amide bonds. The highest BCUT2D eigenvalue weighted by Gasteiger charge is 2.30. The van der Waals surface area contributed by atoms with Gasteiger partial charge in [0.25, 0.3) is 0 Å². The van der Waals surface area contributed by atoms with Gasteiger partial charge < -0.3 is 9.88 Å². The zero-order chi connectivity index (χ0) is 15.7. The van der Waals surface area contributed by atoms with E-state index in [1.54, 1.807) is 0 Å². The minimum atomic E-state index is -0.135. The van der Waals surface area contributed by atoms with Gasteiger partial charge in [-0.1, -0.05) is 31.5 Å². The summed E-state index contributed by atoms with van der Waals surface area (Å²) in [7, 11) is 2.00. The molecule has 0 aromatic carbocycles. The Kier molecular flexibility index (Phi) is 4.76. The predicted molar refractivity (Wildman–Crippen MR) is 87.9 cm³/mol. The second kappa shape index (κ2) is 6.60. The van der Waals surface area contributed by atoms with Gasteiger partial charge in [-0.3, -0.25) is 4.79 Å². The van der Waals surface area contributed by atoms with E-state index in [-0.39, 0.29) is 11.2 Å². The first-order chi connectivity index (χ1) is 10.6. The number of amides is 1. The number of nitrogens with one attached hydrogen (secondary N) is 1. The Labute approximate surface area is 136 Å². The van der Waals surface area contributed by atoms with E-state index in [4.69, 9.17) is 0 Å². The van der Waals surface area contributed by atoms with Crippen LogP contribution in [0.3, 0.4) is 0 Å². The molecule has 0 spiro atoms. The minimum absolute atomic E-state index is 0.125. The van der Waals surface area contributed by atoms with Crippen LogP contribution in [-0.2, 0) is 11.8 Å². The Morgan fingerprint density at radius 1 is 1.27 bits per heavy atom. The smallest absolute Gasteiger partial charge is 0.233 e. The van der Waals surface area contributed by atoms with E-state index < -0.39 is 0 Å². The molecule has 1 heterocycles. The van der Waals surface area contributed by atoms with Crippen LogP contribution in [-0.4, -0.2) is 32.0 Å². The lowest BCUT2D eigenvalue weighted by Gasteiger charge is -2.30. The molecule has 0 saturated heterocycles. The summed E-state index contributed by atoms with van der Waals surface area (Å²) in [5.74, 6) is 2.36. The Morgan fingerprint density at radius 2 is 2.00 bits per heavy atom. The van der Waals surface area contributed by atoms with Gasteiger partial charge in [-0.15, -0.1) is 10.2 Å². The average Bonchev–Trinajstić information content (AvgIpc) is 3.27. The molecule has 1 N–H and O–H groups in total. The van der Waals surface area contributed by atoms with Crippen molar-refractivity contribution in [2.45, 2.75) is 74.7 Å². The molecular formula is C16H26N4OS. The molecule has 3 atom stereocenters. The lowest BCUT2D eigenvalue weighted by Crippen LogP contribution is -2.44. The van der Waals surface area contributed by atoms with Crippen LogP contribution in [0.2, 0.25) is 0 Å². The highest BCUT2D eigenvalue weighted by molar-refractivity contribution is 8.00. The van der Waals surface area contributed by atoms with Crippen molar-refractivity contribution in [3.05, 3.63) is 5.82 Å². The zero-order valence-electron chi connectivity index (χ0n) is 13.7. The van der Waals surface area contributed by atoms with E-state index in [1.807, 2.05) is 14.0 Å². The number of hydrogen-bond acceptors (Lipinski definition) is 4. The van der Waals surface area contributed by atoms with Gasteiger partial charge in [0.05, 0.1) is 5.25 Å². The molecule has 1 aromatic rings. The van der Waals surface area contributed by atoms with Crippen molar-refractivity contribution in [2.75, 3.05) is 0 Å². The minimum Gasteiger partial charge on any atom is -0.352 e. The van der Waals surface area contributed by atoms with E-state index in [1.165, 1.54) is 43.9 Å². The SMILES string of the molecule is C[C@@H](Sc1nnc(C2CC2)n1C)C(=O)N[C@@H]1CCCC[C@@H]1C. The molecule has 0 radical (unpaired) electrons. The van der Waals surface area contributed by atoms with Gasteiger partial charge in [-0.2, -0.15) is 0 Å². The second-order valence-electron chi connectivity index (χ2n) is 6.81. The first kappa shape index (κ1) is 15.8. The fourth-order valence-corrected chi connectivity index (χ4v) is 4.00. The molecule has 6 heteroatoms. The van der Waals surface area contributed by atoms with Crippen LogP contribution < -0.4 is 5.32 Å². The zero-order valence-corrected chi connectivity index (χ0v) is 14.5. The van der Waals surface area contributed by atoms with Crippen molar-refractivity contribution in [3.8, 4) is 0 Å². The number of rotatable bonds is 5. The fraction of sp³-hybridized carbons (Fsp3) is 0.812. The van der Waals surface area contributed by atoms with Crippen LogP contribution in [0.1, 0.15) is 64.1 Å². The molecule has 2 saturated carbocycles. The Morgan fingerprint density at radius 3 is 2.68 bits per heavy atom. The lowest BCUT2D eigenvalue weighted by molar-refractivity contribution is -0.121. The number of hydrogen-bond donors (Lipinski definition) is 1. The lowest BCUT2D eigenvalue weighted by atomic mass is 9.86. The van der Waals surface area contributed by atoms with Crippen LogP contribution in [0.4, 0.5) is 0 Å². The van der Waals surface area contributed by atoms with E-state index in [0.717, 1.165) is 17.4 Å². The summed E-state index contributed by atoms with van der Waals surface area (Å²) >= 11 is 1.51. The molecule has 2 fully saturated rings. The monoisotopic (exact) mass is 322 g/mol. The normalized spacial score (nSPS) is 26.7. The van der Waals surface area contributed by atoms with Gasteiger partial charge in [0.1, 0.15) is 5.82 Å². The quantitative estimate of drug-likeness (QED) is 0.847. The summed E-state index contributed by atoms with van der Waals surface area (Å²) in [4.78, 5) is 12.4. The van der Waals surface area contributed by atoms with Crippen molar-refractivity contribution in [2.24, 2.45) is 13.0 Å². The molecule has 0 aliphatic heterocycles. The maximum absolute atomic E-state index is 12.4. The maximum Gasteiger partial charge on any atom is 0.233 e. The number of nitrogens with zero attached hydrogens (tertiary/aromatic N) is 3. The number of aromatic nitrogens is 3. The Hall–Kier alpha value is -1.04. The summed E-state index contributed by atoms with van der Waals surface area (Å²) in [5.41, 5.74) is 0. The van der Waals surface area contributed by atoms with Crippen LogP contribution in [0.25, 0.3) is 0 Å². The van der Waals surface area contributed by atoms with E-state index >= 15 is 0 Å². The highest BCUT2D eigenvalue weighted by Crippen LogP contribution is 2.39. The largest absolute Gasteiger partial charge is 0.352 e. The summed E-state index contributed by atoms with van der Waals surface area (Å²) in [6.07, 6.45) is 7.28. The molecule has 1 aromatic heterocycles. The first-order valence-corrected chi connectivity index (χ1v) is 9.30. The molecule has 3 rings (SSSR count). The second-order valence-corrected chi connectivity index (χ2v) is 8.12.